The Hall–Kier alpha value is -2.25. The zero-order valence-electron chi connectivity index (χ0n) is 14.6. The quantitative estimate of drug-likeness (QED) is 0.325. The van der Waals surface area contributed by atoms with Gasteiger partial charge in [0.15, 0.2) is 5.82 Å². The summed E-state index contributed by atoms with van der Waals surface area (Å²) in [5.74, 6) is 0.729. The van der Waals surface area contributed by atoms with Gasteiger partial charge in [0, 0.05) is 16.2 Å². The summed E-state index contributed by atoms with van der Waals surface area (Å²) in [6.45, 7) is 0. The summed E-state index contributed by atoms with van der Waals surface area (Å²) in [6.07, 6.45) is -2.29. The van der Waals surface area contributed by atoms with Crippen LogP contribution in [0.15, 0.2) is 35.5 Å². The van der Waals surface area contributed by atoms with Gasteiger partial charge in [0.1, 0.15) is 16.9 Å². The van der Waals surface area contributed by atoms with Crippen molar-refractivity contribution in [1.82, 2.24) is 20.2 Å². The lowest BCUT2D eigenvalue weighted by atomic mass is 10.1. The van der Waals surface area contributed by atoms with E-state index in [-0.39, 0.29) is 27.2 Å². The Morgan fingerprint density at radius 3 is 2.60 bits per heavy atom. The van der Waals surface area contributed by atoms with Gasteiger partial charge in [-0.15, -0.1) is 0 Å². The van der Waals surface area contributed by atoms with Crippen molar-refractivity contribution in [1.29, 1.82) is 5.26 Å². The number of halogens is 6. The molecule has 2 aromatic heterocycles. The van der Waals surface area contributed by atoms with Crippen LogP contribution in [0.1, 0.15) is 22.8 Å². The van der Waals surface area contributed by atoms with Crippen LogP contribution in [0.5, 0.6) is 0 Å². The molecule has 0 spiro atoms. The Morgan fingerprint density at radius 2 is 1.97 bits per heavy atom. The molecule has 30 heavy (non-hydrogen) atoms. The number of nitrogens with zero attached hydrogens (tertiary/aromatic N) is 4. The number of allylic oxidation sites excluding steroid dienone is 1. The lowest BCUT2D eigenvalue weighted by Gasteiger charge is -2.08. The fourth-order valence-corrected chi connectivity index (χ4v) is 3.74. The summed E-state index contributed by atoms with van der Waals surface area (Å²) in [5.41, 5.74) is -0.194. The van der Waals surface area contributed by atoms with Crippen molar-refractivity contribution in [3.63, 3.8) is 0 Å². The van der Waals surface area contributed by atoms with Gasteiger partial charge in [0.25, 0.3) is 0 Å². The summed E-state index contributed by atoms with van der Waals surface area (Å²) < 4.78 is 38.1. The molecule has 0 unspecified atom stereocenters. The topological polar surface area (TPSA) is 78.2 Å². The van der Waals surface area contributed by atoms with Gasteiger partial charge in [0.05, 0.1) is 21.9 Å². The van der Waals surface area contributed by atoms with Crippen LogP contribution in [0.4, 0.5) is 13.2 Å². The zero-order chi connectivity index (χ0) is 21.9. The zero-order valence-corrected chi connectivity index (χ0v) is 17.7. The maximum absolute atomic E-state index is 12.7. The second-order valence-corrected chi connectivity index (χ2v) is 7.95. The molecule has 1 aromatic carbocycles. The van der Waals surface area contributed by atoms with Crippen molar-refractivity contribution in [3.8, 4) is 6.07 Å². The van der Waals surface area contributed by atoms with Crippen LogP contribution in [0, 0.1) is 11.3 Å². The molecule has 1 N–H and O–H groups in total. The van der Waals surface area contributed by atoms with Gasteiger partial charge in [-0.2, -0.15) is 23.5 Å². The lowest BCUT2D eigenvalue weighted by Crippen LogP contribution is -2.05. The minimum Gasteiger partial charge on any atom is -0.262 e. The number of thioether (sulfide) groups is 1. The van der Waals surface area contributed by atoms with E-state index >= 15 is 0 Å². The molecule has 0 fully saturated rings. The molecule has 0 aliphatic carbocycles. The van der Waals surface area contributed by atoms with Gasteiger partial charge in [-0.05, 0) is 29.8 Å². The molecule has 2 heterocycles. The maximum atomic E-state index is 12.7. The molecule has 12 heteroatoms. The maximum Gasteiger partial charge on any atom is 0.417 e. The highest BCUT2D eigenvalue weighted by atomic mass is 35.5. The highest BCUT2D eigenvalue weighted by molar-refractivity contribution is 7.98. The summed E-state index contributed by atoms with van der Waals surface area (Å²) in [5, 5.41) is 17.0. The summed E-state index contributed by atoms with van der Waals surface area (Å²) in [4.78, 5) is 7.98. The molecule has 154 valence electrons. The van der Waals surface area contributed by atoms with Gasteiger partial charge < -0.3 is 0 Å². The van der Waals surface area contributed by atoms with Gasteiger partial charge >= 0.3 is 6.18 Å². The number of pyridine rings is 1. The molecular weight excluding hydrogens is 482 g/mol. The minimum absolute atomic E-state index is 0.121. The third-order valence-electron chi connectivity index (χ3n) is 3.64. The first-order valence-electron chi connectivity index (χ1n) is 8.01. The van der Waals surface area contributed by atoms with E-state index < -0.39 is 11.7 Å². The monoisotopic (exact) mass is 489 g/mol. The number of aromatic nitrogens is 4. The summed E-state index contributed by atoms with van der Waals surface area (Å²) in [7, 11) is 0. The minimum atomic E-state index is -4.52. The lowest BCUT2D eigenvalue weighted by molar-refractivity contribution is -0.137. The first-order valence-corrected chi connectivity index (χ1v) is 10.1. The average molecular weight is 491 g/mol. The Morgan fingerprint density at radius 1 is 1.20 bits per heavy atom. The number of benzene rings is 1. The molecule has 0 saturated carbocycles. The number of hydrogen-bond acceptors (Lipinski definition) is 5. The fraction of sp³-hybridized carbons (Fsp3) is 0.111. The van der Waals surface area contributed by atoms with E-state index in [0.717, 1.165) is 17.8 Å². The molecule has 0 aliphatic rings. The largest absolute Gasteiger partial charge is 0.417 e. The predicted octanol–water partition coefficient (Wildman–Crippen LogP) is 6.54. The van der Waals surface area contributed by atoms with Crippen LogP contribution in [0.25, 0.3) is 11.6 Å². The number of rotatable bonds is 5. The normalized spacial score (nSPS) is 12.1. The van der Waals surface area contributed by atoms with Crippen LogP contribution in [-0.4, -0.2) is 20.2 Å². The van der Waals surface area contributed by atoms with Crippen LogP contribution in [0.3, 0.4) is 0 Å². The standard InChI is InChI=1S/C18H9Cl3F3N5S/c19-12-2-1-9(13(20)5-12)3-10(6-25)16-27-15(28-29-16)8-30-17-14(21)4-11(7-26-17)18(22,23)24/h1-5,7H,8H2,(H,27,28,29)/b10-3+. The van der Waals surface area contributed by atoms with Crippen molar-refractivity contribution in [2.75, 3.05) is 0 Å². The molecular formula is C18H9Cl3F3N5S. The molecule has 0 saturated heterocycles. The smallest absolute Gasteiger partial charge is 0.262 e. The van der Waals surface area contributed by atoms with Gasteiger partial charge in [-0.3, -0.25) is 5.10 Å². The Bertz CT molecular complexity index is 1150. The van der Waals surface area contributed by atoms with E-state index in [2.05, 4.69) is 20.2 Å². The molecule has 0 amide bonds. The molecule has 5 nitrogen and oxygen atoms in total. The molecule has 0 atom stereocenters. The third-order valence-corrected chi connectivity index (χ3v) is 5.61. The van der Waals surface area contributed by atoms with E-state index in [1.807, 2.05) is 6.07 Å². The van der Waals surface area contributed by atoms with Crippen molar-refractivity contribution < 1.29 is 13.2 Å². The van der Waals surface area contributed by atoms with Crippen LogP contribution < -0.4 is 0 Å². The Kier molecular flexibility index (Phi) is 6.93. The van der Waals surface area contributed by atoms with E-state index in [4.69, 9.17) is 34.8 Å². The van der Waals surface area contributed by atoms with E-state index in [1.54, 1.807) is 18.2 Å². The molecule has 0 bridgehead atoms. The number of aromatic amines is 1. The third kappa shape index (κ3) is 5.46. The number of hydrogen-bond donors (Lipinski definition) is 1. The fourth-order valence-electron chi connectivity index (χ4n) is 2.22. The van der Waals surface area contributed by atoms with Gasteiger partial charge in [-0.25, -0.2) is 9.97 Å². The number of alkyl halides is 3. The predicted molar refractivity (Wildman–Crippen MR) is 110 cm³/mol. The second kappa shape index (κ2) is 9.27. The van der Waals surface area contributed by atoms with E-state index in [9.17, 15) is 18.4 Å². The second-order valence-electron chi connectivity index (χ2n) is 5.74. The molecule has 0 aliphatic heterocycles. The SMILES string of the molecule is N#C/C(=C\c1ccc(Cl)cc1Cl)c1n[nH]c(CSc2ncc(C(F)(F)F)cc2Cl)n1. The van der Waals surface area contributed by atoms with Gasteiger partial charge in [-0.1, -0.05) is 52.6 Å². The van der Waals surface area contributed by atoms with Crippen LogP contribution in [-0.2, 0) is 11.9 Å². The van der Waals surface area contributed by atoms with E-state index in [0.29, 0.717) is 27.6 Å². The highest BCUT2D eigenvalue weighted by Gasteiger charge is 2.31. The highest BCUT2D eigenvalue weighted by Crippen LogP contribution is 2.34. The summed E-state index contributed by atoms with van der Waals surface area (Å²) in [6, 6.07) is 7.65. The average Bonchev–Trinajstić information content (AvgIpc) is 3.14. The van der Waals surface area contributed by atoms with Gasteiger partial charge in [0.2, 0.25) is 0 Å². The van der Waals surface area contributed by atoms with E-state index in [1.165, 1.54) is 6.08 Å². The van der Waals surface area contributed by atoms with Crippen LogP contribution >= 0.6 is 46.6 Å². The number of H-pyrrole nitrogens is 1. The molecule has 0 radical (unpaired) electrons. The Labute approximate surface area is 187 Å². The first-order chi connectivity index (χ1) is 14.2. The first kappa shape index (κ1) is 22.4. The number of nitrogens with one attached hydrogen (secondary N) is 1. The number of nitriles is 1. The van der Waals surface area contributed by atoms with Crippen molar-refractivity contribution in [2.24, 2.45) is 0 Å². The van der Waals surface area contributed by atoms with Crippen molar-refractivity contribution in [2.45, 2.75) is 17.0 Å². The van der Waals surface area contributed by atoms with Crippen molar-refractivity contribution in [3.05, 3.63) is 68.3 Å². The van der Waals surface area contributed by atoms with Crippen LogP contribution in [0.2, 0.25) is 15.1 Å². The Balaban J connectivity index is 1.75. The van der Waals surface area contributed by atoms with Crippen molar-refractivity contribution >= 4 is 58.2 Å². The molecule has 3 aromatic rings. The molecule has 3 rings (SSSR count). The summed E-state index contributed by atoms with van der Waals surface area (Å²) >= 11 is 18.9.